The molecule has 0 atom stereocenters. The number of hydrogen-bond acceptors (Lipinski definition) is 6. The van der Waals surface area contributed by atoms with Crippen molar-refractivity contribution in [1.82, 2.24) is 21.3 Å². The summed E-state index contributed by atoms with van der Waals surface area (Å²) in [6, 6.07) is 21.0. The van der Waals surface area contributed by atoms with E-state index in [1.54, 1.807) is 6.92 Å². The number of hydrogen-bond donors (Lipinski definition) is 5. The van der Waals surface area contributed by atoms with Gasteiger partial charge in [-0.15, -0.1) is 34.0 Å². The number of nitrogens with one attached hydrogen (secondary N) is 4. The Morgan fingerprint density at radius 1 is 0.465 bits per heavy atom. The van der Waals surface area contributed by atoms with Crippen LogP contribution in [0.5, 0.6) is 0 Å². The molecule has 6 aliphatic carbocycles. The number of thioether (sulfide) groups is 2. The van der Waals surface area contributed by atoms with Gasteiger partial charge >= 0.3 is 0 Å². The Morgan fingerprint density at radius 2 is 0.718 bits per heavy atom. The first-order chi connectivity index (χ1) is 34.0. The smallest absolute Gasteiger partial charge is 0.166 e. The molecular weight excluding hydrogens is 1200 g/mol. The molecule has 6 aliphatic rings. The monoisotopic (exact) mass is 1290 g/mol. The first-order valence-electron chi connectivity index (χ1n) is 27.8. The highest BCUT2D eigenvalue weighted by Gasteiger charge is 2.22. The summed E-state index contributed by atoms with van der Waals surface area (Å²) in [5.41, 5.74) is 5.63. The molecule has 0 radical (unpaired) electrons. The highest BCUT2D eigenvalue weighted by molar-refractivity contribution is 9.09. The number of alkyl halides is 2. The standard InChI is InChI=1S/C34H54N4S2.C13H24N2S.C8H8Br2.C2H6O.2BrH/c1-5-17-29(18-6-1)35-33(36-30-19-7-2-8-20-30)39-25-27-15-13-14-16-28(27)26-40-34(37-31-21-9-3-10-22-31)38-32-23-11-4-12-24-32;16-13(14-11-7-3-1-4-8-11)15-12-9-5-2-6-10-12;9-5-7-3-1-2-4-8(7)6-10;1-2-3;;/h13-16,29-32H,1-12,17-26H2,(H,35,36)(H,37,38);11-12H,1-10H2,(H2,14,15,16);1-4H,5-6H2;3H,2H2,1H3;2*1H. The van der Waals surface area contributed by atoms with Gasteiger partial charge in [-0.25, -0.2) is 0 Å². The van der Waals surface area contributed by atoms with Crippen LogP contribution >= 0.6 is 102 Å². The number of halogens is 4. The summed E-state index contributed by atoms with van der Waals surface area (Å²) >= 11 is 16.2. The largest absolute Gasteiger partial charge is 0.397 e. The highest BCUT2D eigenvalue weighted by Crippen LogP contribution is 2.29. The van der Waals surface area contributed by atoms with E-state index in [-0.39, 0.29) is 40.6 Å². The molecule has 2 aromatic carbocycles. The van der Waals surface area contributed by atoms with E-state index < -0.39 is 0 Å². The van der Waals surface area contributed by atoms with Crippen LogP contribution in [-0.4, -0.2) is 63.4 Å². The molecular formula is C57H94Br4N6OS3. The quantitative estimate of drug-likeness (QED) is 0.0621. The van der Waals surface area contributed by atoms with Gasteiger partial charge in [0.1, 0.15) is 0 Å². The van der Waals surface area contributed by atoms with Gasteiger partial charge in [0.2, 0.25) is 0 Å². The predicted molar refractivity (Wildman–Crippen MR) is 335 cm³/mol. The molecule has 6 saturated carbocycles. The van der Waals surface area contributed by atoms with Crippen molar-refractivity contribution in [2.75, 3.05) is 6.61 Å². The molecule has 0 aliphatic heterocycles. The molecule has 0 spiro atoms. The van der Waals surface area contributed by atoms with Crippen LogP contribution in [0.3, 0.4) is 0 Å². The molecule has 8 rings (SSSR count). The summed E-state index contributed by atoms with van der Waals surface area (Å²) in [6.07, 6.45) is 40.1. The fourth-order valence-corrected chi connectivity index (χ4v) is 14.2. The molecule has 0 bridgehead atoms. The third-order valence-electron chi connectivity index (χ3n) is 14.7. The van der Waals surface area contributed by atoms with Crippen molar-refractivity contribution in [1.29, 1.82) is 0 Å². The Morgan fingerprint density at radius 3 is 1.00 bits per heavy atom. The third-order valence-corrected chi connectivity index (χ3v) is 18.1. The van der Waals surface area contributed by atoms with Crippen LogP contribution in [0.1, 0.15) is 222 Å². The Labute approximate surface area is 484 Å². The number of aliphatic hydroxyl groups is 1. The average molecular weight is 1300 g/mol. The zero-order valence-corrected chi connectivity index (χ0v) is 52.5. The van der Waals surface area contributed by atoms with E-state index in [1.807, 2.05) is 23.5 Å². The fourth-order valence-electron chi connectivity index (χ4n) is 10.7. The Bertz CT molecular complexity index is 1600. The minimum Gasteiger partial charge on any atom is -0.397 e. The van der Waals surface area contributed by atoms with Gasteiger partial charge < -0.3 is 26.4 Å². The van der Waals surface area contributed by atoms with Crippen molar-refractivity contribution < 1.29 is 5.11 Å². The number of thiocarbonyl (C=S) groups is 1. The van der Waals surface area contributed by atoms with Crippen LogP contribution in [0.15, 0.2) is 58.5 Å². The van der Waals surface area contributed by atoms with Gasteiger partial charge in [-0.2, -0.15) is 0 Å². The molecule has 0 aromatic heterocycles. The predicted octanol–water partition coefficient (Wildman–Crippen LogP) is 17.1. The van der Waals surface area contributed by atoms with Crippen molar-refractivity contribution in [3.8, 4) is 0 Å². The zero-order valence-electron chi connectivity index (χ0n) is 43.5. The van der Waals surface area contributed by atoms with Gasteiger partial charge in [0.15, 0.2) is 15.4 Å². The number of benzene rings is 2. The maximum Gasteiger partial charge on any atom is 0.166 e. The lowest BCUT2D eigenvalue weighted by atomic mass is 9.95. The zero-order chi connectivity index (χ0) is 48.6. The van der Waals surface area contributed by atoms with E-state index in [0.717, 1.165) is 27.3 Å². The fraction of sp³-hybridized carbons (Fsp3) is 0.737. The van der Waals surface area contributed by atoms with Gasteiger partial charge in [0.25, 0.3) is 0 Å². The van der Waals surface area contributed by atoms with Crippen molar-refractivity contribution in [3.63, 3.8) is 0 Å². The van der Waals surface area contributed by atoms with Gasteiger partial charge in [0.05, 0.1) is 12.1 Å². The van der Waals surface area contributed by atoms with Crippen LogP contribution in [0, 0.1) is 0 Å². The summed E-state index contributed by atoms with van der Waals surface area (Å²) < 4.78 is 0. The van der Waals surface area contributed by atoms with Crippen molar-refractivity contribution in [2.24, 2.45) is 9.98 Å². The highest BCUT2D eigenvalue weighted by atomic mass is 79.9. The number of nitrogens with zero attached hydrogens (tertiary/aromatic N) is 2. The Hall–Kier alpha value is -0.350. The normalized spacial score (nSPS) is 20.2. The average Bonchev–Trinajstić information content (AvgIpc) is 3.40. The lowest BCUT2D eigenvalue weighted by Crippen LogP contribution is -2.47. The second kappa shape index (κ2) is 40.8. The van der Waals surface area contributed by atoms with Gasteiger partial charge in [-0.3, -0.25) is 9.98 Å². The number of aliphatic hydroxyl groups excluding tert-OH is 1. The van der Waals surface area contributed by atoms with Crippen LogP contribution in [0.2, 0.25) is 0 Å². The molecule has 0 saturated heterocycles. The van der Waals surface area contributed by atoms with E-state index in [9.17, 15) is 0 Å². The summed E-state index contributed by atoms with van der Waals surface area (Å²) in [5, 5.41) is 27.6. The van der Waals surface area contributed by atoms with E-state index >= 15 is 0 Å². The van der Waals surface area contributed by atoms with Crippen LogP contribution in [0.25, 0.3) is 0 Å². The SMILES string of the molecule is Br.Br.BrCc1ccccc1CBr.CCO.S=C(NC1CCCCC1)NC1CCCCC1.c1ccc(CSC(=NC2CCCCC2)NC2CCCCC2)c(CSC(=NC2CCCCC2)NC2CCCCC2)c1. The number of amidine groups is 2. The maximum absolute atomic E-state index is 7.57. The summed E-state index contributed by atoms with van der Waals surface area (Å²) in [7, 11) is 0. The van der Waals surface area contributed by atoms with Gasteiger partial charge in [-0.1, -0.05) is 219 Å². The third kappa shape index (κ3) is 27.5. The van der Waals surface area contributed by atoms with Crippen molar-refractivity contribution in [2.45, 2.75) is 258 Å². The number of rotatable bonds is 12. The lowest BCUT2D eigenvalue weighted by molar-refractivity contribution is 0.318. The molecule has 5 N–H and O–H groups in total. The summed E-state index contributed by atoms with van der Waals surface area (Å²) in [6.45, 7) is 1.93. The van der Waals surface area contributed by atoms with E-state index in [2.05, 4.69) is 102 Å². The van der Waals surface area contributed by atoms with Crippen molar-refractivity contribution in [3.05, 3.63) is 70.8 Å². The molecule has 0 heterocycles. The first kappa shape index (κ1) is 64.9. The van der Waals surface area contributed by atoms with Crippen LogP contribution in [0.4, 0.5) is 0 Å². The van der Waals surface area contributed by atoms with Gasteiger partial charge in [-0.05, 0) is 118 Å². The number of aliphatic imine (C=N–C) groups is 2. The van der Waals surface area contributed by atoms with E-state index in [4.69, 9.17) is 27.3 Å². The van der Waals surface area contributed by atoms with E-state index in [0.29, 0.717) is 36.3 Å². The van der Waals surface area contributed by atoms with Crippen molar-refractivity contribution >= 4 is 117 Å². The molecule has 0 unspecified atom stereocenters. The molecule has 71 heavy (non-hydrogen) atoms. The molecule has 7 nitrogen and oxygen atoms in total. The lowest BCUT2D eigenvalue weighted by Gasteiger charge is -2.28. The molecule has 6 fully saturated rings. The van der Waals surface area contributed by atoms with E-state index in [1.165, 1.54) is 225 Å². The molecule has 2 aromatic rings. The minimum atomic E-state index is 0. The second-order valence-corrected chi connectivity index (χ2v) is 23.9. The minimum absolute atomic E-state index is 0. The summed E-state index contributed by atoms with van der Waals surface area (Å²) in [5.74, 6) is 1.99. The van der Waals surface area contributed by atoms with Crippen LogP contribution in [-0.2, 0) is 22.2 Å². The Kier molecular flexibility index (Phi) is 37.4. The maximum atomic E-state index is 7.57. The molecule has 404 valence electrons. The van der Waals surface area contributed by atoms with Crippen LogP contribution < -0.4 is 21.3 Å². The molecule has 0 amide bonds. The Balaban J connectivity index is 0.000000351. The topological polar surface area (TPSA) is 93.1 Å². The second-order valence-electron chi connectivity index (χ2n) is 20.4. The first-order valence-corrected chi connectivity index (χ1v) is 32.5. The summed E-state index contributed by atoms with van der Waals surface area (Å²) in [4.78, 5) is 10.6. The molecule has 14 heteroatoms. The van der Waals surface area contributed by atoms with Gasteiger partial charge in [0, 0.05) is 52.9 Å².